The molecule has 1 aliphatic rings. The Morgan fingerprint density at radius 2 is 1.95 bits per heavy atom. The first-order chi connectivity index (χ1) is 9.45. The lowest BCUT2D eigenvalue weighted by atomic mass is 9.98. The molecule has 0 radical (unpaired) electrons. The Morgan fingerprint density at radius 3 is 2.60 bits per heavy atom. The highest BCUT2D eigenvalue weighted by molar-refractivity contribution is 5.98. The molecule has 1 aromatic rings. The van der Waals surface area contributed by atoms with Crippen LogP contribution in [-0.4, -0.2) is 23.5 Å². The molecule has 1 heterocycles. The Labute approximate surface area is 113 Å². The predicted molar refractivity (Wildman–Crippen MR) is 61.8 cm³/mol. The van der Waals surface area contributed by atoms with Gasteiger partial charge in [-0.1, -0.05) is 6.92 Å². The fourth-order valence-electron chi connectivity index (χ4n) is 1.96. The van der Waals surface area contributed by atoms with E-state index in [4.69, 9.17) is 4.84 Å². The monoisotopic (exact) mass is 287 g/mol. The lowest BCUT2D eigenvalue weighted by Crippen LogP contribution is -2.32. The summed E-state index contributed by atoms with van der Waals surface area (Å²) in [5.74, 6) is -6.10. The molecule has 1 unspecified atom stereocenters. The van der Waals surface area contributed by atoms with E-state index in [9.17, 15) is 22.8 Å². The normalized spacial score (nSPS) is 18.7. The van der Waals surface area contributed by atoms with Crippen LogP contribution < -0.4 is 0 Å². The molecular weight excluding hydrogens is 275 g/mol. The molecule has 1 aromatic carbocycles. The number of carbonyl (C=O) groups is 2. The van der Waals surface area contributed by atoms with Crippen LogP contribution in [0.3, 0.4) is 0 Å². The first-order valence-electron chi connectivity index (χ1n) is 6.09. The molecule has 4 nitrogen and oxygen atoms in total. The van der Waals surface area contributed by atoms with Gasteiger partial charge in [0.15, 0.2) is 11.6 Å². The number of imide groups is 1. The SMILES string of the molecule is CCCC(=O)N1OCC(c2cc(F)c(F)cc2F)C1=O. The van der Waals surface area contributed by atoms with Crippen molar-refractivity contribution in [2.24, 2.45) is 0 Å². The molecule has 0 spiro atoms. The second kappa shape index (κ2) is 5.62. The molecule has 2 rings (SSSR count). The van der Waals surface area contributed by atoms with Gasteiger partial charge < -0.3 is 0 Å². The number of hydrogen-bond acceptors (Lipinski definition) is 3. The van der Waals surface area contributed by atoms with Crippen LogP contribution in [0.1, 0.15) is 31.2 Å². The van der Waals surface area contributed by atoms with Crippen molar-refractivity contribution >= 4 is 11.8 Å². The topological polar surface area (TPSA) is 46.6 Å². The number of hydrogen-bond donors (Lipinski definition) is 0. The van der Waals surface area contributed by atoms with E-state index in [-0.39, 0.29) is 18.6 Å². The summed E-state index contributed by atoms with van der Waals surface area (Å²) in [6.45, 7) is 1.47. The van der Waals surface area contributed by atoms with Gasteiger partial charge in [-0.25, -0.2) is 13.2 Å². The summed E-state index contributed by atoms with van der Waals surface area (Å²) in [5.41, 5.74) is -0.319. The van der Waals surface area contributed by atoms with E-state index in [1.807, 2.05) is 0 Å². The van der Waals surface area contributed by atoms with Crippen LogP contribution in [0.5, 0.6) is 0 Å². The maximum atomic E-state index is 13.6. The molecule has 20 heavy (non-hydrogen) atoms. The summed E-state index contributed by atoms with van der Waals surface area (Å²) in [5, 5.41) is 0.564. The Hall–Kier alpha value is -1.89. The van der Waals surface area contributed by atoms with Crippen LogP contribution in [0.15, 0.2) is 12.1 Å². The highest BCUT2D eigenvalue weighted by Gasteiger charge is 2.39. The Morgan fingerprint density at radius 1 is 1.30 bits per heavy atom. The lowest BCUT2D eigenvalue weighted by Gasteiger charge is -2.12. The van der Waals surface area contributed by atoms with Crippen LogP contribution >= 0.6 is 0 Å². The fourth-order valence-corrected chi connectivity index (χ4v) is 1.96. The van der Waals surface area contributed by atoms with Gasteiger partial charge in [-0.05, 0) is 12.5 Å². The van der Waals surface area contributed by atoms with E-state index in [0.717, 1.165) is 0 Å². The van der Waals surface area contributed by atoms with Gasteiger partial charge in [0.25, 0.3) is 11.8 Å². The number of hydroxylamine groups is 2. The number of nitrogens with zero attached hydrogens (tertiary/aromatic N) is 1. The zero-order valence-electron chi connectivity index (χ0n) is 10.7. The number of rotatable bonds is 3. The third kappa shape index (κ3) is 2.53. The molecular formula is C13H12F3NO3. The van der Waals surface area contributed by atoms with Gasteiger partial charge in [-0.15, -0.1) is 0 Å². The average Bonchev–Trinajstić information content (AvgIpc) is 2.76. The van der Waals surface area contributed by atoms with Gasteiger partial charge in [0.2, 0.25) is 0 Å². The van der Waals surface area contributed by atoms with Crippen LogP contribution in [0.25, 0.3) is 0 Å². The van der Waals surface area contributed by atoms with E-state index >= 15 is 0 Å². The maximum Gasteiger partial charge on any atom is 0.263 e. The van der Waals surface area contributed by atoms with Gasteiger partial charge >= 0.3 is 0 Å². The van der Waals surface area contributed by atoms with Crippen molar-refractivity contribution < 1.29 is 27.6 Å². The summed E-state index contributed by atoms with van der Waals surface area (Å²) < 4.78 is 39.6. The van der Waals surface area contributed by atoms with Crippen molar-refractivity contribution in [3.8, 4) is 0 Å². The van der Waals surface area contributed by atoms with Crippen molar-refractivity contribution in [3.05, 3.63) is 35.1 Å². The Bertz CT molecular complexity index is 562. The molecule has 1 aliphatic heterocycles. The smallest absolute Gasteiger partial charge is 0.263 e. The Kier molecular flexibility index (Phi) is 4.08. The van der Waals surface area contributed by atoms with Crippen LogP contribution in [0.4, 0.5) is 13.2 Å². The second-order valence-corrected chi connectivity index (χ2v) is 4.41. The van der Waals surface area contributed by atoms with Gasteiger partial charge in [0, 0.05) is 18.1 Å². The molecule has 1 saturated heterocycles. The number of carbonyl (C=O) groups excluding carboxylic acids is 2. The lowest BCUT2D eigenvalue weighted by molar-refractivity contribution is -0.178. The molecule has 0 N–H and O–H groups in total. The van der Waals surface area contributed by atoms with Crippen molar-refractivity contribution in [2.75, 3.05) is 6.61 Å². The van der Waals surface area contributed by atoms with Gasteiger partial charge in [0.05, 0.1) is 12.5 Å². The van der Waals surface area contributed by atoms with Crippen molar-refractivity contribution in [1.29, 1.82) is 0 Å². The highest BCUT2D eigenvalue weighted by Crippen LogP contribution is 2.29. The predicted octanol–water partition coefficient (Wildman–Crippen LogP) is 2.29. The second-order valence-electron chi connectivity index (χ2n) is 4.41. The molecule has 1 fully saturated rings. The molecule has 0 aliphatic carbocycles. The minimum atomic E-state index is -1.34. The minimum Gasteiger partial charge on any atom is -0.272 e. The molecule has 108 valence electrons. The largest absolute Gasteiger partial charge is 0.272 e. The molecule has 1 atom stereocenters. The third-order valence-electron chi connectivity index (χ3n) is 2.97. The average molecular weight is 287 g/mol. The van der Waals surface area contributed by atoms with Crippen LogP contribution in [0.2, 0.25) is 0 Å². The molecule has 7 heteroatoms. The number of halogens is 3. The van der Waals surface area contributed by atoms with E-state index in [1.165, 1.54) is 0 Å². The van der Waals surface area contributed by atoms with E-state index in [0.29, 0.717) is 23.6 Å². The van der Waals surface area contributed by atoms with Crippen molar-refractivity contribution in [1.82, 2.24) is 5.06 Å². The number of amides is 2. The van der Waals surface area contributed by atoms with Gasteiger partial charge in [-0.3, -0.25) is 14.4 Å². The minimum absolute atomic E-state index is 0.110. The van der Waals surface area contributed by atoms with Gasteiger partial charge in [0.1, 0.15) is 5.82 Å². The van der Waals surface area contributed by atoms with Crippen LogP contribution in [-0.2, 0) is 14.4 Å². The standard InChI is InChI=1S/C13H12F3NO3/c1-2-3-12(18)17-13(19)8(6-20-17)7-4-10(15)11(16)5-9(7)14/h4-5,8H,2-3,6H2,1H3. The summed E-state index contributed by atoms with van der Waals surface area (Å²) in [4.78, 5) is 28.5. The zero-order valence-corrected chi connectivity index (χ0v) is 10.7. The first kappa shape index (κ1) is 14.5. The maximum absolute atomic E-state index is 13.6. The molecule has 0 bridgehead atoms. The van der Waals surface area contributed by atoms with E-state index in [1.54, 1.807) is 6.92 Å². The fraction of sp³-hybridized carbons (Fsp3) is 0.385. The molecule has 0 aromatic heterocycles. The Balaban J connectivity index is 2.26. The summed E-state index contributed by atoms with van der Waals surface area (Å²) >= 11 is 0. The zero-order chi connectivity index (χ0) is 14.9. The van der Waals surface area contributed by atoms with E-state index < -0.39 is 35.2 Å². The summed E-state index contributed by atoms with van der Waals surface area (Å²) in [7, 11) is 0. The van der Waals surface area contributed by atoms with Crippen molar-refractivity contribution in [2.45, 2.75) is 25.7 Å². The van der Waals surface area contributed by atoms with Gasteiger partial charge in [-0.2, -0.15) is 5.06 Å². The van der Waals surface area contributed by atoms with Crippen molar-refractivity contribution in [3.63, 3.8) is 0 Å². The summed E-state index contributed by atoms with van der Waals surface area (Å²) in [6.07, 6.45) is 0.634. The first-order valence-corrected chi connectivity index (χ1v) is 6.09. The third-order valence-corrected chi connectivity index (χ3v) is 2.97. The molecule has 0 saturated carbocycles. The molecule has 2 amide bonds. The highest BCUT2D eigenvalue weighted by atomic mass is 19.2. The quantitative estimate of drug-likeness (QED) is 0.801. The number of benzene rings is 1. The van der Waals surface area contributed by atoms with E-state index in [2.05, 4.69) is 0 Å². The van der Waals surface area contributed by atoms with Crippen LogP contribution in [0, 0.1) is 17.5 Å². The summed E-state index contributed by atoms with van der Waals surface area (Å²) in [6, 6.07) is 0.985.